The van der Waals surface area contributed by atoms with Gasteiger partial charge in [0.2, 0.25) is 5.60 Å². The fourth-order valence-corrected chi connectivity index (χ4v) is 3.21. The largest absolute Gasteiger partial charge is 0.485 e. The number of likely N-dealkylation sites (N-methyl/N-ethyl adjacent to an activating group) is 1. The zero-order valence-electron chi connectivity index (χ0n) is 16.3. The first-order valence-electron chi connectivity index (χ1n) is 9.45. The maximum absolute atomic E-state index is 12.1. The van der Waals surface area contributed by atoms with Gasteiger partial charge in [0, 0.05) is 43.3 Å². The number of amides is 1. The van der Waals surface area contributed by atoms with Gasteiger partial charge in [-0.1, -0.05) is 24.0 Å². The van der Waals surface area contributed by atoms with Crippen LogP contribution in [-0.4, -0.2) is 70.5 Å². The second-order valence-electron chi connectivity index (χ2n) is 7.32. The maximum atomic E-state index is 12.1. The van der Waals surface area contributed by atoms with E-state index in [9.17, 15) is 19.8 Å². The second-order valence-corrected chi connectivity index (χ2v) is 7.32. The van der Waals surface area contributed by atoms with Crippen molar-refractivity contribution in [1.82, 2.24) is 9.88 Å². The van der Waals surface area contributed by atoms with Gasteiger partial charge >= 0.3 is 5.97 Å². The molecule has 1 aromatic carbocycles. The van der Waals surface area contributed by atoms with Gasteiger partial charge in [-0.25, -0.2) is 9.78 Å². The number of benzene rings is 1. The Bertz CT molecular complexity index is 1070. The van der Waals surface area contributed by atoms with Gasteiger partial charge < -0.3 is 24.6 Å². The van der Waals surface area contributed by atoms with E-state index >= 15 is 0 Å². The van der Waals surface area contributed by atoms with Gasteiger partial charge in [0.25, 0.3) is 5.91 Å². The molecule has 3 heterocycles. The third-order valence-corrected chi connectivity index (χ3v) is 5.01. The maximum Gasteiger partial charge on any atom is 0.354 e. The minimum atomic E-state index is -1.68. The average molecular weight is 408 g/mol. The molecule has 30 heavy (non-hydrogen) atoms. The van der Waals surface area contributed by atoms with Crippen molar-refractivity contribution in [3.63, 3.8) is 0 Å². The fourth-order valence-electron chi connectivity index (χ4n) is 3.21. The number of aromatic nitrogens is 1. The standard InChI is InChI=1S/C22H20N2O6/c1-24-8-7-22(28,21(24)27)6-5-14-3-2-4-15(9-14)18-10-16(30-17-12-29-13-17)11-19(23-18)20(25)26/h2-4,9-11,17,28H,7-8,12-13H2,1H3,(H,25,26)/t22-/m0/s1. The molecule has 2 fully saturated rings. The van der Waals surface area contributed by atoms with Crippen LogP contribution in [0, 0.1) is 11.8 Å². The van der Waals surface area contributed by atoms with Gasteiger partial charge in [-0.15, -0.1) is 0 Å². The molecule has 2 aliphatic rings. The van der Waals surface area contributed by atoms with Crippen molar-refractivity contribution < 1.29 is 29.3 Å². The Morgan fingerprint density at radius 3 is 2.77 bits per heavy atom. The first kappa shape index (κ1) is 19.9. The highest BCUT2D eigenvalue weighted by atomic mass is 16.6. The summed E-state index contributed by atoms with van der Waals surface area (Å²) >= 11 is 0. The SMILES string of the molecule is CN1CC[C@@](O)(C#Cc2cccc(-c3cc(OC4COC4)cc(C(=O)O)n3)c2)C1=O. The summed E-state index contributed by atoms with van der Waals surface area (Å²) in [5.74, 6) is 4.36. The molecule has 1 amide bonds. The number of aliphatic hydroxyl groups is 1. The normalized spacial score (nSPS) is 21.0. The number of carboxylic acids is 1. The monoisotopic (exact) mass is 408 g/mol. The summed E-state index contributed by atoms with van der Waals surface area (Å²) in [6.45, 7) is 1.37. The summed E-state index contributed by atoms with van der Waals surface area (Å²) in [6, 6.07) is 10.0. The molecule has 2 aromatic rings. The number of likely N-dealkylation sites (tertiary alicyclic amines) is 1. The number of rotatable bonds is 4. The van der Waals surface area contributed by atoms with Crippen LogP contribution in [-0.2, 0) is 9.53 Å². The van der Waals surface area contributed by atoms with Crippen molar-refractivity contribution in [2.24, 2.45) is 0 Å². The van der Waals surface area contributed by atoms with Crippen molar-refractivity contribution >= 4 is 11.9 Å². The predicted octanol–water partition coefficient (Wildman–Crippen LogP) is 1.17. The van der Waals surface area contributed by atoms with Gasteiger partial charge in [-0.2, -0.15) is 0 Å². The molecule has 0 bridgehead atoms. The summed E-state index contributed by atoms with van der Waals surface area (Å²) in [4.78, 5) is 29.2. The smallest absolute Gasteiger partial charge is 0.354 e. The van der Waals surface area contributed by atoms with E-state index in [0.29, 0.717) is 42.3 Å². The molecule has 0 saturated carbocycles. The summed E-state index contributed by atoms with van der Waals surface area (Å²) in [5.41, 5.74) is -0.183. The molecular formula is C22H20N2O6. The third kappa shape index (κ3) is 3.99. The number of nitrogens with zero attached hydrogens (tertiary/aromatic N) is 2. The topological polar surface area (TPSA) is 109 Å². The molecule has 0 unspecified atom stereocenters. The van der Waals surface area contributed by atoms with Crippen LogP contribution < -0.4 is 4.74 Å². The summed E-state index contributed by atoms with van der Waals surface area (Å²) < 4.78 is 10.8. The minimum absolute atomic E-state index is 0.109. The van der Waals surface area contributed by atoms with E-state index in [1.807, 2.05) is 0 Å². The van der Waals surface area contributed by atoms with Crippen LogP contribution in [0.1, 0.15) is 22.5 Å². The van der Waals surface area contributed by atoms with Crippen LogP contribution in [0.5, 0.6) is 5.75 Å². The van der Waals surface area contributed by atoms with E-state index in [-0.39, 0.29) is 18.2 Å². The summed E-state index contributed by atoms with van der Waals surface area (Å²) in [5, 5.41) is 19.8. The zero-order valence-corrected chi connectivity index (χ0v) is 16.3. The first-order chi connectivity index (χ1) is 14.3. The molecule has 0 radical (unpaired) electrons. The van der Waals surface area contributed by atoms with Crippen LogP contribution in [0.3, 0.4) is 0 Å². The number of ether oxygens (including phenoxy) is 2. The number of pyridine rings is 1. The number of carbonyl (C=O) groups is 2. The fraction of sp³-hybridized carbons (Fsp3) is 0.318. The molecule has 8 heteroatoms. The number of hydrogen-bond donors (Lipinski definition) is 2. The molecule has 154 valence electrons. The van der Waals surface area contributed by atoms with E-state index in [2.05, 4.69) is 16.8 Å². The minimum Gasteiger partial charge on any atom is -0.485 e. The van der Waals surface area contributed by atoms with Crippen molar-refractivity contribution in [1.29, 1.82) is 0 Å². The Labute approximate surface area is 173 Å². The van der Waals surface area contributed by atoms with Crippen LogP contribution >= 0.6 is 0 Å². The van der Waals surface area contributed by atoms with Crippen molar-refractivity contribution in [2.45, 2.75) is 18.1 Å². The highest BCUT2D eigenvalue weighted by molar-refractivity contribution is 5.90. The van der Waals surface area contributed by atoms with Gasteiger partial charge in [0.15, 0.2) is 5.69 Å². The lowest BCUT2D eigenvalue weighted by Crippen LogP contribution is -2.38. The van der Waals surface area contributed by atoms with Gasteiger partial charge in [-0.3, -0.25) is 4.79 Å². The lowest BCUT2D eigenvalue weighted by Gasteiger charge is -2.26. The Morgan fingerprint density at radius 1 is 1.33 bits per heavy atom. The van der Waals surface area contributed by atoms with Crippen molar-refractivity contribution in [3.8, 4) is 28.8 Å². The Morgan fingerprint density at radius 2 is 2.13 bits per heavy atom. The Balaban J connectivity index is 1.64. The molecule has 0 aliphatic carbocycles. The zero-order chi connectivity index (χ0) is 21.3. The molecule has 1 aromatic heterocycles. The van der Waals surface area contributed by atoms with Gasteiger partial charge in [0.1, 0.15) is 11.9 Å². The summed E-state index contributed by atoms with van der Waals surface area (Å²) in [7, 11) is 1.62. The first-order valence-corrected chi connectivity index (χ1v) is 9.45. The van der Waals surface area contributed by atoms with Crippen molar-refractivity contribution in [3.05, 3.63) is 47.7 Å². The number of carbonyl (C=O) groups excluding carboxylic acids is 1. The molecule has 2 saturated heterocycles. The van der Waals surface area contributed by atoms with Crippen molar-refractivity contribution in [2.75, 3.05) is 26.8 Å². The Kier molecular flexibility index (Phi) is 5.16. The van der Waals surface area contributed by atoms with Crippen LogP contribution in [0.4, 0.5) is 0 Å². The molecule has 4 rings (SSSR count). The quantitative estimate of drug-likeness (QED) is 0.731. The third-order valence-electron chi connectivity index (χ3n) is 5.01. The lowest BCUT2D eigenvalue weighted by atomic mass is 10.0. The van der Waals surface area contributed by atoms with Gasteiger partial charge in [-0.05, 0) is 12.1 Å². The van der Waals surface area contributed by atoms with E-state index in [1.54, 1.807) is 37.4 Å². The number of hydrogen-bond acceptors (Lipinski definition) is 6. The predicted molar refractivity (Wildman–Crippen MR) is 106 cm³/mol. The summed E-state index contributed by atoms with van der Waals surface area (Å²) in [6.07, 6.45) is 0.143. The van der Waals surface area contributed by atoms with E-state index in [0.717, 1.165) is 0 Å². The van der Waals surface area contributed by atoms with Crippen LogP contribution in [0.2, 0.25) is 0 Å². The molecule has 1 atom stereocenters. The average Bonchev–Trinajstić information content (AvgIpc) is 2.97. The molecule has 2 aliphatic heterocycles. The highest BCUT2D eigenvalue weighted by Gasteiger charge is 2.42. The van der Waals surface area contributed by atoms with E-state index in [4.69, 9.17) is 9.47 Å². The number of carboxylic acid groups (broad SMARTS) is 1. The van der Waals surface area contributed by atoms with Crippen LogP contribution in [0.15, 0.2) is 36.4 Å². The van der Waals surface area contributed by atoms with Gasteiger partial charge in [0.05, 0.1) is 18.9 Å². The van der Waals surface area contributed by atoms with E-state index < -0.39 is 17.5 Å². The lowest BCUT2D eigenvalue weighted by molar-refractivity contribution is -0.137. The number of aromatic carboxylic acids is 1. The highest BCUT2D eigenvalue weighted by Crippen LogP contribution is 2.26. The molecule has 0 spiro atoms. The molecular weight excluding hydrogens is 388 g/mol. The molecule has 8 nitrogen and oxygen atoms in total. The Hall–Kier alpha value is -3.41. The molecule has 2 N–H and O–H groups in total. The van der Waals surface area contributed by atoms with E-state index in [1.165, 1.54) is 11.0 Å². The second kappa shape index (κ2) is 7.78. The van der Waals surface area contributed by atoms with Crippen LogP contribution in [0.25, 0.3) is 11.3 Å².